The van der Waals surface area contributed by atoms with Crippen LogP contribution in [0.3, 0.4) is 0 Å². The number of hydrogen-bond donors (Lipinski definition) is 0. The Morgan fingerprint density at radius 3 is 1.21 bits per heavy atom. The van der Waals surface area contributed by atoms with E-state index in [1.165, 1.54) is 101 Å². The molecular formula is C54H72N6O. The van der Waals surface area contributed by atoms with Crippen molar-refractivity contribution < 1.29 is 4.74 Å². The highest BCUT2D eigenvalue weighted by Crippen LogP contribution is 2.40. The maximum absolute atomic E-state index is 9.84. The molecule has 0 radical (unpaired) electrons. The Balaban J connectivity index is 0.996. The molecule has 0 aliphatic heterocycles. The summed E-state index contributed by atoms with van der Waals surface area (Å²) in [6, 6.07) is 16.4. The Morgan fingerprint density at radius 2 is 0.852 bits per heavy atom. The van der Waals surface area contributed by atoms with Gasteiger partial charge >= 0.3 is 0 Å². The number of benzene rings is 2. The molecule has 2 fully saturated rings. The molecular weight excluding hydrogens is 749 g/mol. The van der Waals surface area contributed by atoms with E-state index in [4.69, 9.17) is 24.7 Å². The highest BCUT2D eigenvalue weighted by atomic mass is 16.5. The van der Waals surface area contributed by atoms with Crippen molar-refractivity contribution in [3.63, 3.8) is 0 Å². The third kappa shape index (κ3) is 14.8. The number of hydrogen-bond acceptors (Lipinski definition) is 7. The summed E-state index contributed by atoms with van der Waals surface area (Å²) in [7, 11) is 0. The lowest BCUT2D eigenvalue weighted by atomic mass is 9.78. The van der Waals surface area contributed by atoms with Crippen LogP contribution >= 0.6 is 0 Å². The fourth-order valence-corrected chi connectivity index (χ4v) is 9.79. The van der Waals surface area contributed by atoms with Gasteiger partial charge in [0.1, 0.15) is 23.1 Å². The second-order valence-corrected chi connectivity index (χ2v) is 18.5. The van der Waals surface area contributed by atoms with Gasteiger partial charge < -0.3 is 4.74 Å². The number of nitrogens with zero attached hydrogens (tertiary/aromatic N) is 6. The van der Waals surface area contributed by atoms with Crippen molar-refractivity contribution in [2.45, 2.75) is 193 Å². The Labute approximate surface area is 368 Å². The quantitative estimate of drug-likeness (QED) is 0.0648. The van der Waals surface area contributed by atoms with Crippen LogP contribution in [-0.4, -0.2) is 19.9 Å². The van der Waals surface area contributed by atoms with Gasteiger partial charge in [-0.05, 0) is 160 Å². The second kappa shape index (κ2) is 25.3. The van der Waals surface area contributed by atoms with E-state index in [9.17, 15) is 10.5 Å². The van der Waals surface area contributed by atoms with Crippen LogP contribution in [0.5, 0.6) is 11.5 Å². The molecule has 0 bridgehead atoms. The van der Waals surface area contributed by atoms with Crippen molar-refractivity contribution in [3.8, 4) is 23.6 Å². The smallest absolute Gasteiger partial charge is 0.131 e. The summed E-state index contributed by atoms with van der Waals surface area (Å²) in [6.07, 6.45) is 39.3. The predicted molar refractivity (Wildman–Crippen MR) is 247 cm³/mol. The molecule has 6 rings (SSSR count). The molecule has 0 saturated heterocycles. The van der Waals surface area contributed by atoms with Gasteiger partial charge in [-0.15, -0.1) is 0 Å². The van der Waals surface area contributed by atoms with E-state index >= 15 is 0 Å². The van der Waals surface area contributed by atoms with Crippen molar-refractivity contribution in [1.82, 2.24) is 19.9 Å². The van der Waals surface area contributed by atoms with Gasteiger partial charge in [-0.2, -0.15) is 10.5 Å². The van der Waals surface area contributed by atoms with Crippen LogP contribution in [0, 0.1) is 34.5 Å². The fourth-order valence-electron chi connectivity index (χ4n) is 9.79. The van der Waals surface area contributed by atoms with Gasteiger partial charge in [0.25, 0.3) is 0 Å². The first-order chi connectivity index (χ1) is 30.0. The molecule has 2 aromatic heterocycles. The van der Waals surface area contributed by atoms with Crippen LogP contribution in [0.25, 0.3) is 0 Å². The molecule has 324 valence electrons. The van der Waals surface area contributed by atoms with Crippen molar-refractivity contribution in [1.29, 1.82) is 10.5 Å². The minimum absolute atomic E-state index is 0.402. The molecule has 2 saturated carbocycles. The van der Waals surface area contributed by atoms with Gasteiger partial charge in [0.05, 0.1) is 23.3 Å². The Kier molecular flexibility index (Phi) is 19.1. The van der Waals surface area contributed by atoms with Crippen LogP contribution < -0.4 is 4.74 Å². The Bertz CT molecular complexity index is 1820. The Morgan fingerprint density at radius 1 is 0.492 bits per heavy atom. The Hall–Kier alpha value is -4.62. The molecule has 4 aromatic rings. The lowest BCUT2D eigenvalue weighted by Crippen LogP contribution is -2.18. The first kappa shape index (κ1) is 45.9. The summed E-state index contributed by atoms with van der Waals surface area (Å²) >= 11 is 0. The zero-order valence-corrected chi connectivity index (χ0v) is 37.6. The normalized spacial score (nSPS) is 19.0. The highest BCUT2D eigenvalue weighted by Gasteiger charge is 2.27. The summed E-state index contributed by atoms with van der Waals surface area (Å²) in [5.41, 5.74) is 5.99. The van der Waals surface area contributed by atoms with Gasteiger partial charge in [0.2, 0.25) is 0 Å². The molecule has 7 heteroatoms. The molecule has 2 aliphatic rings. The molecule has 0 spiro atoms. The summed E-state index contributed by atoms with van der Waals surface area (Å²) in [4.78, 5) is 19.4. The van der Waals surface area contributed by atoms with E-state index in [0.717, 1.165) is 111 Å². The van der Waals surface area contributed by atoms with Gasteiger partial charge in [-0.1, -0.05) is 90.9 Å². The van der Waals surface area contributed by atoms with Crippen molar-refractivity contribution in [3.05, 3.63) is 106 Å². The molecule has 0 atom stereocenters. The van der Waals surface area contributed by atoms with Crippen LogP contribution in [0.4, 0.5) is 0 Å². The third-order valence-electron chi connectivity index (χ3n) is 13.6. The van der Waals surface area contributed by atoms with Crippen LogP contribution in [0.15, 0.2) is 61.2 Å². The van der Waals surface area contributed by atoms with Crippen molar-refractivity contribution in [2.24, 2.45) is 11.8 Å². The minimum Gasteiger partial charge on any atom is -0.457 e. The number of ether oxygens (including phenoxy) is 1. The van der Waals surface area contributed by atoms with E-state index in [2.05, 4.69) is 50.8 Å². The molecule has 0 amide bonds. The van der Waals surface area contributed by atoms with Crippen molar-refractivity contribution >= 4 is 0 Å². The number of unbranched alkanes of at least 4 members (excludes halogenated alkanes) is 12. The van der Waals surface area contributed by atoms with Gasteiger partial charge in [-0.3, -0.25) is 0 Å². The zero-order chi connectivity index (χ0) is 42.5. The van der Waals surface area contributed by atoms with E-state index in [1.54, 1.807) is 0 Å². The third-order valence-corrected chi connectivity index (χ3v) is 13.6. The summed E-state index contributed by atoms with van der Waals surface area (Å²) in [6.45, 7) is 4.54. The van der Waals surface area contributed by atoms with Gasteiger partial charge in [-0.25, -0.2) is 19.9 Å². The maximum atomic E-state index is 9.84. The molecule has 61 heavy (non-hydrogen) atoms. The van der Waals surface area contributed by atoms with Crippen LogP contribution in [0.1, 0.15) is 212 Å². The summed E-state index contributed by atoms with van der Waals surface area (Å²) < 4.78 is 6.78. The maximum Gasteiger partial charge on any atom is 0.131 e. The van der Waals surface area contributed by atoms with E-state index < -0.39 is 0 Å². The highest BCUT2D eigenvalue weighted by molar-refractivity contribution is 5.48. The lowest BCUT2D eigenvalue weighted by Gasteiger charge is -2.29. The topological polar surface area (TPSA) is 108 Å². The molecule has 2 aromatic carbocycles. The van der Waals surface area contributed by atoms with Crippen molar-refractivity contribution in [2.75, 3.05) is 0 Å². The number of rotatable bonds is 24. The lowest BCUT2D eigenvalue weighted by molar-refractivity contribution is 0.312. The van der Waals surface area contributed by atoms with E-state index in [-0.39, 0.29) is 0 Å². The predicted octanol–water partition coefficient (Wildman–Crippen LogP) is 14.4. The van der Waals surface area contributed by atoms with Crippen LogP contribution in [-0.2, 0) is 25.7 Å². The second-order valence-electron chi connectivity index (χ2n) is 18.5. The minimum atomic E-state index is 0.402. The van der Waals surface area contributed by atoms with Gasteiger partial charge in [0.15, 0.2) is 0 Å². The van der Waals surface area contributed by atoms with E-state index in [1.807, 2.05) is 36.4 Å². The number of aryl methyl sites for hydroxylation is 2. The summed E-state index contributed by atoms with van der Waals surface area (Å²) in [5.74, 6) is 5.42. The summed E-state index contributed by atoms with van der Waals surface area (Å²) in [5, 5.41) is 19.7. The largest absolute Gasteiger partial charge is 0.457 e. The average molecular weight is 821 g/mol. The molecule has 2 aliphatic carbocycles. The SMILES string of the molecule is CCCCCCCCCc1cnc(C2CCC(Cc3cc(C#N)ccc3Oc3ccc(C#N)cc3CC3CCC(c4ncc(CCCCCCCCC)cn4)CC3)CC2)nc1. The van der Waals surface area contributed by atoms with Gasteiger partial charge in [0, 0.05) is 36.6 Å². The first-order valence-corrected chi connectivity index (χ1v) is 24.4. The van der Waals surface area contributed by atoms with Crippen LogP contribution in [0.2, 0.25) is 0 Å². The number of nitriles is 2. The first-order valence-electron chi connectivity index (χ1n) is 24.4. The number of aromatic nitrogens is 4. The average Bonchev–Trinajstić information content (AvgIpc) is 3.30. The zero-order valence-electron chi connectivity index (χ0n) is 37.6. The molecule has 0 unspecified atom stereocenters. The molecule has 0 N–H and O–H groups in total. The molecule has 7 nitrogen and oxygen atoms in total. The monoisotopic (exact) mass is 821 g/mol. The fraction of sp³-hybridized carbons (Fsp3) is 0.593. The standard InChI is InChI=1S/C54H72N6O/c1-3-5-7-9-11-13-15-17-45-37-57-53(58-38-45)47-25-19-41(20-26-47)31-49-33-43(35-55)23-29-51(49)61-52-30-24-44(36-56)34-50(52)32-42-21-27-48(28-22-42)54-59-39-46(40-60-54)18-16-14-12-10-8-6-4-2/h23-24,29-30,33-34,37-42,47-48H,3-22,25-28,31-32H2,1-2H3. The molecule has 2 heterocycles. The van der Waals surface area contributed by atoms with E-state index in [0.29, 0.717) is 34.8 Å².